The van der Waals surface area contributed by atoms with Crippen LogP contribution in [0.1, 0.15) is 6.92 Å². The number of aromatic nitrogens is 2. The van der Waals surface area contributed by atoms with E-state index < -0.39 is 0 Å². The SMILES string of the molecule is COc1ccc2c(N3CCN(C(C)=O)CC3)ncnc2c1. The van der Waals surface area contributed by atoms with E-state index in [4.69, 9.17) is 4.74 Å². The molecule has 0 unspecified atom stereocenters. The first kappa shape index (κ1) is 13.6. The number of benzene rings is 1. The van der Waals surface area contributed by atoms with Gasteiger partial charge < -0.3 is 14.5 Å². The highest BCUT2D eigenvalue weighted by Gasteiger charge is 2.21. The molecule has 0 atom stereocenters. The molecule has 6 nitrogen and oxygen atoms in total. The van der Waals surface area contributed by atoms with Gasteiger partial charge in [-0.1, -0.05) is 0 Å². The smallest absolute Gasteiger partial charge is 0.219 e. The molecule has 0 bridgehead atoms. The summed E-state index contributed by atoms with van der Waals surface area (Å²) in [5.74, 6) is 1.84. The van der Waals surface area contributed by atoms with E-state index >= 15 is 0 Å². The predicted molar refractivity (Wildman–Crippen MR) is 80.6 cm³/mol. The maximum Gasteiger partial charge on any atom is 0.219 e. The Labute approximate surface area is 123 Å². The largest absolute Gasteiger partial charge is 0.497 e. The average Bonchev–Trinajstić information content (AvgIpc) is 2.53. The van der Waals surface area contributed by atoms with Crippen LogP contribution in [0.25, 0.3) is 10.9 Å². The standard InChI is InChI=1S/C15H18N4O2/c1-11(20)18-5-7-19(8-6-18)15-13-4-3-12(21-2)9-14(13)16-10-17-15/h3-4,9-10H,5-8H2,1-2H3. The highest BCUT2D eigenvalue weighted by atomic mass is 16.5. The summed E-state index contributed by atoms with van der Waals surface area (Å²) in [4.78, 5) is 24.2. The minimum absolute atomic E-state index is 0.131. The Morgan fingerprint density at radius 2 is 1.95 bits per heavy atom. The molecule has 2 heterocycles. The molecule has 1 aromatic carbocycles. The first-order valence-corrected chi connectivity index (χ1v) is 6.98. The minimum atomic E-state index is 0.131. The van der Waals surface area contributed by atoms with Gasteiger partial charge in [-0.15, -0.1) is 0 Å². The molecule has 21 heavy (non-hydrogen) atoms. The van der Waals surface area contributed by atoms with Crippen LogP contribution >= 0.6 is 0 Å². The summed E-state index contributed by atoms with van der Waals surface area (Å²) >= 11 is 0. The van der Waals surface area contributed by atoms with Crippen molar-refractivity contribution in [3.05, 3.63) is 24.5 Å². The van der Waals surface area contributed by atoms with Crippen LogP contribution in [0.4, 0.5) is 5.82 Å². The van der Waals surface area contributed by atoms with Gasteiger partial charge in [-0.05, 0) is 12.1 Å². The second kappa shape index (κ2) is 5.55. The number of hydrogen-bond acceptors (Lipinski definition) is 5. The monoisotopic (exact) mass is 286 g/mol. The second-order valence-corrected chi connectivity index (χ2v) is 5.07. The lowest BCUT2D eigenvalue weighted by Crippen LogP contribution is -2.48. The zero-order valence-corrected chi connectivity index (χ0v) is 12.2. The molecular formula is C15H18N4O2. The highest BCUT2D eigenvalue weighted by Crippen LogP contribution is 2.26. The molecular weight excluding hydrogens is 268 g/mol. The summed E-state index contributed by atoms with van der Waals surface area (Å²) in [7, 11) is 1.64. The zero-order chi connectivity index (χ0) is 14.8. The van der Waals surface area contributed by atoms with Crippen molar-refractivity contribution in [1.82, 2.24) is 14.9 Å². The van der Waals surface area contributed by atoms with Gasteiger partial charge in [-0.25, -0.2) is 9.97 Å². The van der Waals surface area contributed by atoms with Gasteiger partial charge in [0.2, 0.25) is 5.91 Å². The normalized spacial score (nSPS) is 15.3. The Morgan fingerprint density at radius 1 is 1.19 bits per heavy atom. The van der Waals surface area contributed by atoms with Gasteiger partial charge in [0.15, 0.2) is 0 Å². The molecule has 110 valence electrons. The van der Waals surface area contributed by atoms with Crippen molar-refractivity contribution < 1.29 is 9.53 Å². The van der Waals surface area contributed by atoms with Crippen LogP contribution in [-0.2, 0) is 4.79 Å². The summed E-state index contributed by atoms with van der Waals surface area (Å²) in [5.41, 5.74) is 0.869. The van der Waals surface area contributed by atoms with E-state index in [9.17, 15) is 4.79 Å². The lowest BCUT2D eigenvalue weighted by atomic mass is 10.2. The number of ether oxygens (including phenoxy) is 1. The lowest BCUT2D eigenvalue weighted by molar-refractivity contribution is -0.129. The second-order valence-electron chi connectivity index (χ2n) is 5.07. The Balaban J connectivity index is 1.89. The van der Waals surface area contributed by atoms with E-state index in [0.29, 0.717) is 0 Å². The fourth-order valence-electron chi connectivity index (χ4n) is 2.63. The van der Waals surface area contributed by atoms with E-state index in [1.807, 2.05) is 23.1 Å². The number of methoxy groups -OCH3 is 1. The number of rotatable bonds is 2. The molecule has 1 aliphatic rings. The van der Waals surface area contributed by atoms with Gasteiger partial charge in [-0.2, -0.15) is 0 Å². The van der Waals surface area contributed by atoms with Crippen LogP contribution in [-0.4, -0.2) is 54.1 Å². The van der Waals surface area contributed by atoms with E-state index in [0.717, 1.165) is 48.6 Å². The van der Waals surface area contributed by atoms with Crippen molar-refractivity contribution in [3.8, 4) is 5.75 Å². The molecule has 0 aliphatic carbocycles. The molecule has 2 aromatic rings. The van der Waals surface area contributed by atoms with Crippen LogP contribution < -0.4 is 9.64 Å². The highest BCUT2D eigenvalue weighted by molar-refractivity contribution is 5.90. The molecule has 1 saturated heterocycles. The van der Waals surface area contributed by atoms with E-state index in [-0.39, 0.29) is 5.91 Å². The van der Waals surface area contributed by atoms with Crippen LogP contribution in [0.15, 0.2) is 24.5 Å². The summed E-state index contributed by atoms with van der Waals surface area (Å²) in [6, 6.07) is 5.81. The maximum absolute atomic E-state index is 11.4. The molecule has 0 N–H and O–H groups in total. The predicted octanol–water partition coefficient (Wildman–Crippen LogP) is 1.31. The van der Waals surface area contributed by atoms with Crippen LogP contribution in [0.5, 0.6) is 5.75 Å². The third-order valence-electron chi connectivity index (χ3n) is 3.85. The van der Waals surface area contributed by atoms with Crippen molar-refractivity contribution >= 4 is 22.6 Å². The van der Waals surface area contributed by atoms with E-state index in [2.05, 4.69) is 14.9 Å². The molecule has 1 aliphatic heterocycles. The molecule has 3 rings (SSSR count). The Bertz CT molecular complexity index is 666. The summed E-state index contributed by atoms with van der Waals surface area (Å²) < 4.78 is 5.23. The van der Waals surface area contributed by atoms with Crippen molar-refractivity contribution in [2.24, 2.45) is 0 Å². The van der Waals surface area contributed by atoms with Crippen molar-refractivity contribution in [1.29, 1.82) is 0 Å². The van der Waals surface area contributed by atoms with Gasteiger partial charge >= 0.3 is 0 Å². The first-order chi connectivity index (χ1) is 10.2. The van der Waals surface area contributed by atoms with Gasteiger partial charge in [0.25, 0.3) is 0 Å². The first-order valence-electron chi connectivity index (χ1n) is 6.98. The molecule has 0 spiro atoms. The van der Waals surface area contributed by atoms with E-state index in [1.54, 1.807) is 20.4 Å². The third kappa shape index (κ3) is 2.61. The van der Waals surface area contributed by atoms with Crippen molar-refractivity contribution in [3.63, 3.8) is 0 Å². The molecule has 1 aromatic heterocycles. The fraction of sp³-hybridized carbons (Fsp3) is 0.400. The van der Waals surface area contributed by atoms with Crippen LogP contribution in [0, 0.1) is 0 Å². The zero-order valence-electron chi connectivity index (χ0n) is 12.2. The van der Waals surface area contributed by atoms with Gasteiger partial charge in [0.05, 0.1) is 12.6 Å². The molecule has 0 saturated carbocycles. The minimum Gasteiger partial charge on any atom is -0.497 e. The van der Waals surface area contributed by atoms with Crippen molar-refractivity contribution in [2.75, 3.05) is 38.2 Å². The average molecular weight is 286 g/mol. The Kier molecular flexibility index (Phi) is 3.60. The lowest BCUT2D eigenvalue weighted by Gasteiger charge is -2.35. The summed E-state index contributed by atoms with van der Waals surface area (Å²) in [6.45, 7) is 4.66. The maximum atomic E-state index is 11.4. The molecule has 1 amide bonds. The Hall–Kier alpha value is -2.37. The number of fused-ring (bicyclic) bond motifs is 1. The number of nitrogens with zero attached hydrogens (tertiary/aromatic N) is 4. The van der Waals surface area contributed by atoms with Gasteiger partial charge in [0, 0.05) is 44.6 Å². The van der Waals surface area contributed by atoms with Gasteiger partial charge in [0.1, 0.15) is 17.9 Å². The molecule has 6 heteroatoms. The number of carbonyl (C=O) groups excluding carboxylic acids is 1. The number of piperazine rings is 1. The molecule has 0 radical (unpaired) electrons. The fourth-order valence-corrected chi connectivity index (χ4v) is 2.63. The summed E-state index contributed by atoms with van der Waals surface area (Å²) in [5, 5.41) is 1.01. The number of anilines is 1. The van der Waals surface area contributed by atoms with Crippen LogP contribution in [0.3, 0.4) is 0 Å². The van der Waals surface area contributed by atoms with Gasteiger partial charge in [-0.3, -0.25) is 4.79 Å². The quantitative estimate of drug-likeness (QED) is 0.833. The Morgan fingerprint density at radius 3 is 2.62 bits per heavy atom. The molecule has 1 fully saturated rings. The number of carbonyl (C=O) groups is 1. The number of hydrogen-bond donors (Lipinski definition) is 0. The van der Waals surface area contributed by atoms with E-state index in [1.165, 1.54) is 0 Å². The number of amides is 1. The van der Waals surface area contributed by atoms with Crippen molar-refractivity contribution in [2.45, 2.75) is 6.92 Å². The topological polar surface area (TPSA) is 58.6 Å². The summed E-state index contributed by atoms with van der Waals surface area (Å²) in [6.07, 6.45) is 1.58. The van der Waals surface area contributed by atoms with Crippen LogP contribution in [0.2, 0.25) is 0 Å². The third-order valence-corrected chi connectivity index (χ3v) is 3.85.